The third-order valence-electron chi connectivity index (χ3n) is 3.40. The number of amides is 2. The van der Waals surface area contributed by atoms with E-state index in [1.165, 1.54) is 0 Å². The van der Waals surface area contributed by atoms with Gasteiger partial charge in [-0.15, -0.1) is 0 Å². The van der Waals surface area contributed by atoms with Crippen molar-refractivity contribution in [1.82, 2.24) is 5.32 Å². The lowest BCUT2D eigenvalue weighted by Gasteiger charge is -2.09. The highest BCUT2D eigenvalue weighted by atomic mass is 19.1. The molecule has 2 N–H and O–H groups in total. The Labute approximate surface area is 150 Å². The fourth-order valence-electron chi connectivity index (χ4n) is 2.17. The zero-order valence-electron chi connectivity index (χ0n) is 14.4. The average Bonchev–Trinajstić information content (AvgIpc) is 2.60. The number of rotatable bonds is 8. The molecule has 2 amide bonds. The summed E-state index contributed by atoms with van der Waals surface area (Å²) in [4.78, 5) is 23.8. The van der Waals surface area contributed by atoms with Gasteiger partial charge in [0.05, 0.1) is 12.2 Å². The number of hydrogen-bond acceptors (Lipinski definition) is 3. The topological polar surface area (TPSA) is 67.4 Å². The molecule has 5 nitrogen and oxygen atoms in total. The predicted molar refractivity (Wildman–Crippen MR) is 94.2 cm³/mol. The van der Waals surface area contributed by atoms with Crippen LogP contribution >= 0.6 is 0 Å². The molecule has 2 rings (SSSR count). The van der Waals surface area contributed by atoms with Crippen molar-refractivity contribution in [3.8, 4) is 5.75 Å². The zero-order chi connectivity index (χ0) is 18.9. The van der Waals surface area contributed by atoms with Crippen LogP contribution in [-0.4, -0.2) is 25.0 Å². The van der Waals surface area contributed by atoms with Crippen molar-refractivity contribution in [2.24, 2.45) is 0 Å². The maximum absolute atomic E-state index is 13.5. The molecule has 0 aliphatic heterocycles. The Kier molecular flexibility index (Phi) is 7.08. The molecule has 0 heterocycles. The Hall–Kier alpha value is -2.96. The van der Waals surface area contributed by atoms with Crippen molar-refractivity contribution in [2.45, 2.75) is 19.8 Å². The minimum absolute atomic E-state index is 0.00853. The van der Waals surface area contributed by atoms with Crippen LogP contribution in [0.5, 0.6) is 5.75 Å². The largest absolute Gasteiger partial charge is 0.494 e. The van der Waals surface area contributed by atoms with Gasteiger partial charge in [0.1, 0.15) is 17.4 Å². The highest BCUT2D eigenvalue weighted by Gasteiger charge is 2.12. The molecule has 0 aliphatic carbocycles. The molecule has 2 aromatic carbocycles. The van der Waals surface area contributed by atoms with Crippen LogP contribution in [0.3, 0.4) is 0 Å². The summed E-state index contributed by atoms with van der Waals surface area (Å²) in [6.07, 6.45) is 0.888. The van der Waals surface area contributed by atoms with E-state index in [1.807, 2.05) is 6.92 Å². The van der Waals surface area contributed by atoms with E-state index in [1.54, 1.807) is 24.3 Å². The fraction of sp³-hybridized carbons (Fsp3) is 0.263. The molecule has 138 valence electrons. The SMILES string of the molecule is CCCOc1cccc(NC(=O)CCNC(=O)c2ccc(F)cc2F)c1. The smallest absolute Gasteiger partial charge is 0.254 e. The lowest BCUT2D eigenvalue weighted by molar-refractivity contribution is -0.116. The highest BCUT2D eigenvalue weighted by Crippen LogP contribution is 2.17. The van der Waals surface area contributed by atoms with Crippen LogP contribution in [-0.2, 0) is 4.79 Å². The van der Waals surface area contributed by atoms with Gasteiger partial charge < -0.3 is 15.4 Å². The lowest BCUT2D eigenvalue weighted by atomic mass is 10.2. The summed E-state index contributed by atoms with van der Waals surface area (Å²) in [6.45, 7) is 2.61. The monoisotopic (exact) mass is 362 g/mol. The summed E-state index contributed by atoms with van der Waals surface area (Å²) >= 11 is 0. The highest BCUT2D eigenvalue weighted by molar-refractivity contribution is 5.95. The van der Waals surface area contributed by atoms with Crippen LogP contribution in [0.2, 0.25) is 0 Å². The molecule has 0 bridgehead atoms. The molecule has 0 saturated heterocycles. The number of ether oxygens (including phenoxy) is 1. The van der Waals surface area contributed by atoms with Crippen LogP contribution in [0, 0.1) is 11.6 Å². The molecule has 0 aliphatic rings. The molecule has 0 saturated carbocycles. The fourth-order valence-corrected chi connectivity index (χ4v) is 2.17. The van der Waals surface area contributed by atoms with Gasteiger partial charge in [0, 0.05) is 30.8 Å². The second-order valence-corrected chi connectivity index (χ2v) is 5.55. The average molecular weight is 362 g/mol. The normalized spacial score (nSPS) is 10.3. The first-order chi connectivity index (χ1) is 12.5. The van der Waals surface area contributed by atoms with Gasteiger partial charge >= 0.3 is 0 Å². The second kappa shape index (κ2) is 9.50. The first kappa shape index (κ1) is 19.4. The number of halogens is 2. The van der Waals surface area contributed by atoms with E-state index in [0.29, 0.717) is 24.1 Å². The molecule has 0 spiro atoms. The van der Waals surface area contributed by atoms with Crippen LogP contribution in [0.4, 0.5) is 14.5 Å². The number of anilines is 1. The maximum atomic E-state index is 13.5. The van der Waals surface area contributed by atoms with Gasteiger partial charge in [-0.25, -0.2) is 8.78 Å². The number of nitrogens with one attached hydrogen (secondary N) is 2. The van der Waals surface area contributed by atoms with E-state index in [9.17, 15) is 18.4 Å². The van der Waals surface area contributed by atoms with Crippen molar-refractivity contribution in [3.05, 3.63) is 59.7 Å². The summed E-state index contributed by atoms with van der Waals surface area (Å²) in [5.74, 6) is -2.06. The van der Waals surface area contributed by atoms with Crippen LogP contribution < -0.4 is 15.4 Å². The Bertz CT molecular complexity index is 781. The molecule has 0 aromatic heterocycles. The number of benzene rings is 2. The van der Waals surface area contributed by atoms with Crippen molar-refractivity contribution >= 4 is 17.5 Å². The minimum atomic E-state index is -0.948. The Morgan fingerprint density at radius 2 is 1.92 bits per heavy atom. The van der Waals surface area contributed by atoms with Crippen LogP contribution in [0.15, 0.2) is 42.5 Å². The predicted octanol–water partition coefficient (Wildman–Crippen LogP) is 3.51. The molecule has 7 heteroatoms. The second-order valence-electron chi connectivity index (χ2n) is 5.55. The number of carbonyl (C=O) groups is 2. The van der Waals surface area contributed by atoms with Crippen molar-refractivity contribution in [1.29, 1.82) is 0 Å². The van der Waals surface area contributed by atoms with Gasteiger partial charge in [-0.05, 0) is 30.7 Å². The summed E-state index contributed by atoms with van der Waals surface area (Å²) in [5, 5.41) is 5.13. The van der Waals surface area contributed by atoms with Gasteiger partial charge in [-0.1, -0.05) is 13.0 Å². The van der Waals surface area contributed by atoms with Crippen molar-refractivity contribution in [2.75, 3.05) is 18.5 Å². The van der Waals surface area contributed by atoms with Gasteiger partial charge in [0.15, 0.2) is 0 Å². The van der Waals surface area contributed by atoms with E-state index in [4.69, 9.17) is 4.74 Å². The van der Waals surface area contributed by atoms with E-state index < -0.39 is 17.5 Å². The molecular formula is C19H20F2N2O3. The van der Waals surface area contributed by atoms with Crippen molar-refractivity contribution in [3.63, 3.8) is 0 Å². The van der Waals surface area contributed by atoms with Crippen LogP contribution in [0.25, 0.3) is 0 Å². The van der Waals surface area contributed by atoms with Gasteiger partial charge in [-0.2, -0.15) is 0 Å². The van der Waals surface area contributed by atoms with E-state index in [2.05, 4.69) is 10.6 Å². The number of carbonyl (C=O) groups excluding carboxylic acids is 2. The molecule has 0 atom stereocenters. The summed E-state index contributed by atoms with van der Waals surface area (Å²) in [5.41, 5.74) is 0.312. The Morgan fingerprint density at radius 1 is 1.12 bits per heavy atom. The summed E-state index contributed by atoms with van der Waals surface area (Å²) < 4.78 is 31.8. The first-order valence-corrected chi connectivity index (χ1v) is 8.25. The first-order valence-electron chi connectivity index (χ1n) is 8.25. The Morgan fingerprint density at radius 3 is 2.65 bits per heavy atom. The molecule has 26 heavy (non-hydrogen) atoms. The molecule has 0 radical (unpaired) electrons. The zero-order valence-corrected chi connectivity index (χ0v) is 14.4. The van der Waals surface area contributed by atoms with Gasteiger partial charge in [0.2, 0.25) is 5.91 Å². The molecule has 0 unspecified atom stereocenters. The van der Waals surface area contributed by atoms with E-state index in [-0.39, 0.29) is 24.4 Å². The molecule has 0 fully saturated rings. The maximum Gasteiger partial charge on any atom is 0.254 e. The van der Waals surface area contributed by atoms with Gasteiger partial charge in [-0.3, -0.25) is 9.59 Å². The Balaban J connectivity index is 1.81. The third-order valence-corrected chi connectivity index (χ3v) is 3.40. The van der Waals surface area contributed by atoms with E-state index >= 15 is 0 Å². The van der Waals surface area contributed by atoms with Crippen LogP contribution in [0.1, 0.15) is 30.1 Å². The van der Waals surface area contributed by atoms with E-state index in [0.717, 1.165) is 18.6 Å². The van der Waals surface area contributed by atoms with Crippen molar-refractivity contribution < 1.29 is 23.1 Å². The molecular weight excluding hydrogens is 342 g/mol. The third kappa shape index (κ3) is 5.84. The molecule has 2 aromatic rings. The minimum Gasteiger partial charge on any atom is -0.494 e. The quantitative estimate of drug-likeness (QED) is 0.755. The lowest BCUT2D eigenvalue weighted by Crippen LogP contribution is -2.28. The van der Waals surface area contributed by atoms with Gasteiger partial charge in [0.25, 0.3) is 5.91 Å². The number of hydrogen-bond donors (Lipinski definition) is 2. The summed E-state index contributed by atoms with van der Waals surface area (Å²) in [6, 6.07) is 9.68. The standard InChI is InChI=1S/C19H20F2N2O3/c1-2-10-26-15-5-3-4-14(12-15)23-18(24)8-9-22-19(25)16-7-6-13(20)11-17(16)21/h3-7,11-12H,2,8-10H2,1H3,(H,22,25)(H,23,24). The summed E-state index contributed by atoms with van der Waals surface area (Å²) in [7, 11) is 0.